The predicted octanol–water partition coefficient (Wildman–Crippen LogP) is 3.72. The van der Waals surface area contributed by atoms with Crippen LogP contribution >= 0.6 is 0 Å². The number of likely N-dealkylation sites (tertiary alicyclic amines) is 1. The first kappa shape index (κ1) is 15.5. The molecule has 1 aromatic carbocycles. The smallest absolute Gasteiger partial charge is 0.128 e. The van der Waals surface area contributed by atoms with E-state index in [1.165, 1.54) is 12.8 Å². The summed E-state index contributed by atoms with van der Waals surface area (Å²) in [5.74, 6) is 0.524. The Morgan fingerprint density at radius 3 is 2.65 bits per heavy atom. The Morgan fingerprint density at radius 1 is 1.30 bits per heavy atom. The Bertz CT molecular complexity index is 435. The van der Waals surface area contributed by atoms with Crippen molar-refractivity contribution in [2.45, 2.75) is 58.2 Å². The van der Waals surface area contributed by atoms with Crippen LogP contribution in [0, 0.1) is 11.7 Å². The minimum Gasteiger partial charge on any atom is -0.326 e. The quantitative estimate of drug-likeness (QED) is 0.909. The first-order chi connectivity index (χ1) is 9.54. The Kier molecular flexibility index (Phi) is 5.17. The molecule has 4 atom stereocenters. The van der Waals surface area contributed by atoms with Crippen LogP contribution in [0.3, 0.4) is 0 Å². The van der Waals surface area contributed by atoms with Crippen molar-refractivity contribution < 1.29 is 4.39 Å². The van der Waals surface area contributed by atoms with E-state index in [2.05, 4.69) is 25.7 Å². The lowest BCUT2D eigenvalue weighted by Crippen LogP contribution is -2.49. The Morgan fingerprint density at radius 2 is 2.00 bits per heavy atom. The highest BCUT2D eigenvalue weighted by Gasteiger charge is 2.34. The molecule has 0 spiro atoms. The number of piperidine rings is 1. The van der Waals surface area contributed by atoms with Gasteiger partial charge in [-0.15, -0.1) is 0 Å². The topological polar surface area (TPSA) is 29.3 Å². The van der Waals surface area contributed by atoms with Crippen LogP contribution in [0.2, 0.25) is 0 Å². The maximum Gasteiger partial charge on any atom is 0.128 e. The molecule has 1 aliphatic heterocycles. The van der Waals surface area contributed by atoms with E-state index in [1.807, 2.05) is 12.1 Å². The van der Waals surface area contributed by atoms with Gasteiger partial charge in [0, 0.05) is 24.2 Å². The van der Waals surface area contributed by atoms with E-state index < -0.39 is 0 Å². The third kappa shape index (κ3) is 3.21. The molecule has 0 aliphatic carbocycles. The second-order valence-electron chi connectivity index (χ2n) is 6.27. The van der Waals surface area contributed by atoms with Crippen molar-refractivity contribution in [2.75, 3.05) is 6.54 Å². The molecule has 2 nitrogen and oxygen atoms in total. The van der Waals surface area contributed by atoms with Gasteiger partial charge in [0.2, 0.25) is 0 Å². The highest BCUT2D eigenvalue weighted by molar-refractivity contribution is 5.23. The van der Waals surface area contributed by atoms with Crippen LogP contribution in [-0.2, 0) is 0 Å². The summed E-state index contributed by atoms with van der Waals surface area (Å²) in [4.78, 5) is 2.42. The zero-order valence-electron chi connectivity index (χ0n) is 12.8. The molecular weight excluding hydrogens is 251 g/mol. The maximum atomic E-state index is 14.2. The van der Waals surface area contributed by atoms with Gasteiger partial charge in [-0.1, -0.05) is 32.0 Å². The Balaban J connectivity index is 2.35. The van der Waals surface area contributed by atoms with Crippen LogP contribution in [0.1, 0.15) is 51.6 Å². The third-order valence-corrected chi connectivity index (χ3v) is 4.62. The summed E-state index contributed by atoms with van der Waals surface area (Å²) in [6.45, 7) is 7.60. The van der Waals surface area contributed by atoms with Gasteiger partial charge in [-0.05, 0) is 38.2 Å². The predicted molar refractivity (Wildman–Crippen MR) is 82.0 cm³/mol. The van der Waals surface area contributed by atoms with Gasteiger partial charge in [0.1, 0.15) is 5.82 Å². The molecule has 0 bridgehead atoms. The second kappa shape index (κ2) is 6.68. The SMILES string of the molecule is CCC(N)C(c1ccccc1F)N1CC(C)CCC1C. The van der Waals surface area contributed by atoms with Crippen LogP contribution in [0.4, 0.5) is 4.39 Å². The van der Waals surface area contributed by atoms with E-state index in [9.17, 15) is 4.39 Å². The van der Waals surface area contributed by atoms with Gasteiger partial charge in [-0.3, -0.25) is 4.90 Å². The highest BCUT2D eigenvalue weighted by Crippen LogP contribution is 2.34. The summed E-state index contributed by atoms with van der Waals surface area (Å²) in [6, 6.07) is 7.51. The number of nitrogens with zero attached hydrogens (tertiary/aromatic N) is 1. The molecule has 2 rings (SSSR count). The number of nitrogens with two attached hydrogens (primary N) is 1. The van der Waals surface area contributed by atoms with Gasteiger partial charge < -0.3 is 5.73 Å². The summed E-state index contributed by atoms with van der Waals surface area (Å²) < 4.78 is 14.2. The maximum absolute atomic E-state index is 14.2. The van der Waals surface area contributed by atoms with E-state index in [-0.39, 0.29) is 17.9 Å². The van der Waals surface area contributed by atoms with Crippen molar-refractivity contribution in [1.29, 1.82) is 0 Å². The van der Waals surface area contributed by atoms with Crippen molar-refractivity contribution in [3.63, 3.8) is 0 Å². The van der Waals surface area contributed by atoms with Crippen LogP contribution in [0.15, 0.2) is 24.3 Å². The van der Waals surface area contributed by atoms with Crippen molar-refractivity contribution in [2.24, 2.45) is 11.7 Å². The van der Waals surface area contributed by atoms with Crippen molar-refractivity contribution in [3.8, 4) is 0 Å². The molecule has 2 N–H and O–H groups in total. The van der Waals surface area contributed by atoms with Gasteiger partial charge >= 0.3 is 0 Å². The third-order valence-electron chi connectivity index (χ3n) is 4.62. The number of benzene rings is 1. The molecule has 0 amide bonds. The monoisotopic (exact) mass is 278 g/mol. The number of hydrogen-bond donors (Lipinski definition) is 1. The zero-order chi connectivity index (χ0) is 14.7. The van der Waals surface area contributed by atoms with Gasteiger partial charge in [0.15, 0.2) is 0 Å². The number of halogens is 1. The summed E-state index contributed by atoms with van der Waals surface area (Å²) in [7, 11) is 0. The molecule has 1 fully saturated rings. The minimum atomic E-state index is -0.133. The van der Waals surface area contributed by atoms with E-state index >= 15 is 0 Å². The van der Waals surface area contributed by atoms with Crippen molar-refractivity contribution >= 4 is 0 Å². The first-order valence-corrected chi connectivity index (χ1v) is 7.80. The lowest BCUT2D eigenvalue weighted by molar-refractivity contribution is 0.0607. The van der Waals surface area contributed by atoms with E-state index in [0.717, 1.165) is 18.5 Å². The van der Waals surface area contributed by atoms with Gasteiger partial charge in [0.05, 0.1) is 6.04 Å². The van der Waals surface area contributed by atoms with E-state index in [1.54, 1.807) is 12.1 Å². The fraction of sp³-hybridized carbons (Fsp3) is 0.647. The molecular formula is C17H27FN2. The normalized spacial score (nSPS) is 27.2. The summed E-state index contributed by atoms with van der Waals surface area (Å²) in [5.41, 5.74) is 7.10. The van der Waals surface area contributed by atoms with E-state index in [0.29, 0.717) is 12.0 Å². The Hall–Kier alpha value is -0.930. The highest BCUT2D eigenvalue weighted by atomic mass is 19.1. The minimum absolute atomic E-state index is 0.0149. The molecule has 0 saturated carbocycles. The van der Waals surface area contributed by atoms with Gasteiger partial charge in [-0.2, -0.15) is 0 Å². The molecule has 1 saturated heterocycles. The van der Waals surface area contributed by atoms with Crippen molar-refractivity contribution in [1.82, 2.24) is 4.90 Å². The molecule has 4 unspecified atom stereocenters. The lowest BCUT2D eigenvalue weighted by atomic mass is 9.88. The number of hydrogen-bond acceptors (Lipinski definition) is 2. The van der Waals surface area contributed by atoms with Crippen LogP contribution in [0.5, 0.6) is 0 Å². The molecule has 112 valence electrons. The summed E-state index contributed by atoms with van der Waals surface area (Å²) >= 11 is 0. The summed E-state index contributed by atoms with van der Waals surface area (Å²) in [6.07, 6.45) is 3.28. The number of rotatable bonds is 4. The average Bonchev–Trinajstić information content (AvgIpc) is 2.44. The lowest BCUT2D eigenvalue weighted by Gasteiger charge is -2.44. The molecule has 1 aromatic rings. The molecule has 0 aromatic heterocycles. The van der Waals surface area contributed by atoms with Gasteiger partial charge in [-0.25, -0.2) is 4.39 Å². The first-order valence-electron chi connectivity index (χ1n) is 7.80. The Labute approximate surface area is 122 Å². The van der Waals surface area contributed by atoms with Crippen LogP contribution in [0.25, 0.3) is 0 Å². The van der Waals surface area contributed by atoms with E-state index in [4.69, 9.17) is 5.73 Å². The average molecular weight is 278 g/mol. The van der Waals surface area contributed by atoms with Gasteiger partial charge in [0.25, 0.3) is 0 Å². The molecule has 1 aliphatic rings. The molecule has 1 heterocycles. The van der Waals surface area contributed by atoms with Crippen molar-refractivity contribution in [3.05, 3.63) is 35.6 Å². The second-order valence-corrected chi connectivity index (χ2v) is 6.27. The molecule has 3 heteroatoms. The van der Waals surface area contributed by atoms with Crippen LogP contribution in [-0.4, -0.2) is 23.5 Å². The fourth-order valence-electron chi connectivity index (χ4n) is 3.30. The van der Waals surface area contributed by atoms with Crippen LogP contribution < -0.4 is 5.73 Å². The zero-order valence-corrected chi connectivity index (χ0v) is 12.8. The molecule has 0 radical (unpaired) electrons. The molecule has 20 heavy (non-hydrogen) atoms. The largest absolute Gasteiger partial charge is 0.326 e. The standard InChI is InChI=1S/C17H27FN2/c1-4-16(19)17(14-7-5-6-8-15(14)18)20-11-12(2)9-10-13(20)3/h5-8,12-13,16-17H,4,9-11,19H2,1-3H3. The fourth-order valence-corrected chi connectivity index (χ4v) is 3.30. The summed E-state index contributed by atoms with van der Waals surface area (Å²) in [5, 5.41) is 0.